The summed E-state index contributed by atoms with van der Waals surface area (Å²) in [6.07, 6.45) is 0. The van der Waals surface area contributed by atoms with Crippen molar-refractivity contribution in [1.82, 2.24) is 10.2 Å². The summed E-state index contributed by atoms with van der Waals surface area (Å²) in [7, 11) is 0. The minimum atomic E-state index is -0.267. The summed E-state index contributed by atoms with van der Waals surface area (Å²) in [5.41, 5.74) is 6.43. The third kappa shape index (κ3) is 2.26. The van der Waals surface area contributed by atoms with E-state index in [-0.39, 0.29) is 6.04 Å². The first-order valence-corrected chi connectivity index (χ1v) is 5.79. The summed E-state index contributed by atoms with van der Waals surface area (Å²) < 4.78 is 6.20. The van der Waals surface area contributed by atoms with Crippen LogP contribution in [0.2, 0.25) is 5.02 Å². The summed E-state index contributed by atoms with van der Waals surface area (Å²) in [5.74, 6) is 0.853. The van der Waals surface area contributed by atoms with Gasteiger partial charge in [-0.2, -0.15) is 0 Å². The molecule has 4 nitrogen and oxygen atoms in total. The predicted molar refractivity (Wildman–Crippen MR) is 65.0 cm³/mol. The maximum absolute atomic E-state index is 5.89. The van der Waals surface area contributed by atoms with Crippen molar-refractivity contribution in [3.8, 4) is 11.5 Å². The SMILES string of the molecule is CC(N)c1nnc(-c2ccc(Cl)c(Br)c2)o1. The Morgan fingerprint density at radius 3 is 2.75 bits per heavy atom. The van der Waals surface area contributed by atoms with Crippen LogP contribution in [-0.2, 0) is 0 Å². The third-order valence-corrected chi connectivity index (χ3v) is 3.21. The number of aromatic nitrogens is 2. The number of rotatable bonds is 2. The Morgan fingerprint density at radius 1 is 1.44 bits per heavy atom. The fourth-order valence-corrected chi connectivity index (χ4v) is 1.66. The van der Waals surface area contributed by atoms with Gasteiger partial charge in [0.05, 0.1) is 11.1 Å². The largest absolute Gasteiger partial charge is 0.419 e. The van der Waals surface area contributed by atoms with Crippen LogP contribution in [0.1, 0.15) is 18.9 Å². The van der Waals surface area contributed by atoms with Gasteiger partial charge in [-0.1, -0.05) is 11.6 Å². The van der Waals surface area contributed by atoms with Crippen molar-refractivity contribution >= 4 is 27.5 Å². The van der Waals surface area contributed by atoms with E-state index in [0.717, 1.165) is 10.0 Å². The fourth-order valence-electron chi connectivity index (χ4n) is 1.16. The minimum Gasteiger partial charge on any atom is -0.419 e. The van der Waals surface area contributed by atoms with Crippen molar-refractivity contribution in [1.29, 1.82) is 0 Å². The summed E-state index contributed by atoms with van der Waals surface area (Å²) in [5, 5.41) is 8.41. The molecular weight excluding hydrogens is 293 g/mol. The molecule has 0 aliphatic carbocycles. The van der Waals surface area contributed by atoms with Gasteiger partial charge in [-0.15, -0.1) is 10.2 Å². The lowest BCUT2D eigenvalue weighted by Crippen LogP contribution is -2.04. The van der Waals surface area contributed by atoms with Crippen LogP contribution in [0.15, 0.2) is 27.1 Å². The molecule has 1 heterocycles. The van der Waals surface area contributed by atoms with E-state index in [1.807, 2.05) is 12.1 Å². The van der Waals surface area contributed by atoms with E-state index in [9.17, 15) is 0 Å². The van der Waals surface area contributed by atoms with Crippen LogP contribution < -0.4 is 5.73 Å². The molecule has 84 valence electrons. The molecule has 2 rings (SSSR count). The van der Waals surface area contributed by atoms with Crippen molar-refractivity contribution in [3.63, 3.8) is 0 Å². The summed E-state index contributed by atoms with van der Waals surface area (Å²) in [4.78, 5) is 0. The molecule has 1 aromatic carbocycles. The number of nitrogens with zero attached hydrogens (tertiary/aromatic N) is 2. The van der Waals surface area contributed by atoms with Gasteiger partial charge in [0.25, 0.3) is 0 Å². The molecule has 2 N–H and O–H groups in total. The van der Waals surface area contributed by atoms with Gasteiger partial charge in [0.2, 0.25) is 11.8 Å². The van der Waals surface area contributed by atoms with Gasteiger partial charge in [0, 0.05) is 10.0 Å². The second-order valence-electron chi connectivity index (χ2n) is 3.36. The number of nitrogens with two attached hydrogens (primary N) is 1. The van der Waals surface area contributed by atoms with Crippen molar-refractivity contribution < 1.29 is 4.42 Å². The van der Waals surface area contributed by atoms with Gasteiger partial charge >= 0.3 is 0 Å². The Kier molecular flexibility index (Phi) is 3.28. The fraction of sp³-hybridized carbons (Fsp3) is 0.200. The van der Waals surface area contributed by atoms with Gasteiger partial charge in [-0.3, -0.25) is 0 Å². The molecule has 6 heteroatoms. The van der Waals surface area contributed by atoms with Gasteiger partial charge in [0.1, 0.15) is 0 Å². The molecule has 1 unspecified atom stereocenters. The lowest BCUT2D eigenvalue weighted by Gasteiger charge is -1.98. The normalized spacial score (nSPS) is 12.8. The van der Waals surface area contributed by atoms with Gasteiger partial charge in [-0.05, 0) is 41.1 Å². The zero-order chi connectivity index (χ0) is 11.7. The molecule has 1 aromatic heterocycles. The van der Waals surface area contributed by atoms with Crippen molar-refractivity contribution in [2.24, 2.45) is 5.73 Å². The van der Waals surface area contributed by atoms with Crippen LogP contribution in [0, 0.1) is 0 Å². The lowest BCUT2D eigenvalue weighted by molar-refractivity contribution is 0.473. The molecule has 0 spiro atoms. The summed E-state index contributed by atoms with van der Waals surface area (Å²) in [6, 6.07) is 5.13. The van der Waals surface area contributed by atoms with E-state index in [1.54, 1.807) is 13.0 Å². The van der Waals surface area contributed by atoms with Crippen LogP contribution in [0.5, 0.6) is 0 Å². The Morgan fingerprint density at radius 2 is 2.19 bits per heavy atom. The number of hydrogen-bond acceptors (Lipinski definition) is 4. The highest BCUT2D eigenvalue weighted by molar-refractivity contribution is 9.10. The minimum absolute atomic E-state index is 0.267. The predicted octanol–water partition coefficient (Wildman–Crippen LogP) is 3.17. The maximum Gasteiger partial charge on any atom is 0.247 e. The van der Waals surface area contributed by atoms with E-state index in [0.29, 0.717) is 16.8 Å². The summed E-state index contributed by atoms with van der Waals surface area (Å²) >= 11 is 9.22. The summed E-state index contributed by atoms with van der Waals surface area (Å²) in [6.45, 7) is 1.79. The van der Waals surface area contributed by atoms with Gasteiger partial charge in [0.15, 0.2) is 0 Å². The van der Waals surface area contributed by atoms with Crippen molar-refractivity contribution in [2.45, 2.75) is 13.0 Å². The van der Waals surface area contributed by atoms with E-state index in [2.05, 4.69) is 26.1 Å². The smallest absolute Gasteiger partial charge is 0.247 e. The van der Waals surface area contributed by atoms with E-state index in [4.69, 9.17) is 21.8 Å². The van der Waals surface area contributed by atoms with Gasteiger partial charge < -0.3 is 10.2 Å². The third-order valence-electron chi connectivity index (χ3n) is 2.00. The number of benzene rings is 1. The van der Waals surface area contributed by atoms with Crippen LogP contribution in [0.25, 0.3) is 11.5 Å². The second kappa shape index (κ2) is 4.53. The van der Waals surface area contributed by atoms with Crippen LogP contribution >= 0.6 is 27.5 Å². The molecule has 0 aliphatic rings. The maximum atomic E-state index is 5.89. The zero-order valence-electron chi connectivity index (χ0n) is 8.45. The molecule has 2 aromatic rings. The molecule has 1 atom stereocenters. The van der Waals surface area contributed by atoms with Crippen LogP contribution in [0.3, 0.4) is 0 Å². The highest BCUT2D eigenvalue weighted by atomic mass is 79.9. The van der Waals surface area contributed by atoms with Crippen LogP contribution in [0.4, 0.5) is 0 Å². The monoisotopic (exact) mass is 301 g/mol. The van der Waals surface area contributed by atoms with E-state index < -0.39 is 0 Å². The molecule has 0 aliphatic heterocycles. The van der Waals surface area contributed by atoms with Gasteiger partial charge in [-0.25, -0.2) is 0 Å². The zero-order valence-corrected chi connectivity index (χ0v) is 10.8. The standard InChI is InChI=1S/C10H9BrClN3O/c1-5(13)9-14-15-10(16-9)6-2-3-8(12)7(11)4-6/h2-5H,13H2,1H3. The second-order valence-corrected chi connectivity index (χ2v) is 4.62. The van der Waals surface area contributed by atoms with Crippen LogP contribution in [-0.4, -0.2) is 10.2 Å². The molecule has 0 bridgehead atoms. The Labute approximate surface area is 106 Å². The van der Waals surface area contributed by atoms with Crippen molar-refractivity contribution in [2.75, 3.05) is 0 Å². The first kappa shape index (κ1) is 11.6. The average molecular weight is 303 g/mol. The van der Waals surface area contributed by atoms with Crippen molar-refractivity contribution in [3.05, 3.63) is 33.6 Å². The van der Waals surface area contributed by atoms with E-state index >= 15 is 0 Å². The molecule has 0 amide bonds. The molecule has 0 fully saturated rings. The molecular formula is C10H9BrClN3O. The highest BCUT2D eigenvalue weighted by Crippen LogP contribution is 2.28. The number of halogens is 2. The van der Waals surface area contributed by atoms with E-state index in [1.165, 1.54) is 0 Å². The average Bonchev–Trinajstić information content (AvgIpc) is 2.71. The Hall–Kier alpha value is -0.910. The molecule has 16 heavy (non-hydrogen) atoms. The first-order valence-electron chi connectivity index (χ1n) is 4.62. The highest BCUT2D eigenvalue weighted by Gasteiger charge is 2.12. The molecule has 0 radical (unpaired) electrons. The number of hydrogen-bond donors (Lipinski definition) is 1. The Bertz CT molecular complexity index is 513. The molecule has 0 saturated carbocycles. The Balaban J connectivity index is 2.39. The lowest BCUT2D eigenvalue weighted by atomic mass is 10.2. The quantitative estimate of drug-likeness (QED) is 0.925. The topological polar surface area (TPSA) is 64.9 Å². The first-order chi connectivity index (χ1) is 7.58. The molecule has 0 saturated heterocycles.